The Hall–Kier alpha value is -2.29. The van der Waals surface area contributed by atoms with Crippen molar-refractivity contribution in [3.05, 3.63) is 65.2 Å². The van der Waals surface area contributed by atoms with Crippen molar-refractivity contribution in [3.8, 4) is 0 Å². The van der Waals surface area contributed by atoms with Crippen LogP contribution in [0.2, 0.25) is 0 Å². The molecule has 1 N–H and O–H groups in total. The zero-order chi connectivity index (χ0) is 20.2. The van der Waals surface area contributed by atoms with Crippen molar-refractivity contribution in [2.24, 2.45) is 23.7 Å². The minimum atomic E-state index is 0.231. The Morgan fingerprint density at radius 3 is 2.53 bits per heavy atom. The first kappa shape index (κ1) is 18.5. The zero-order valence-electron chi connectivity index (χ0n) is 17.9. The average molecular weight is 401 g/mol. The number of nitrogens with zero attached hydrogens (tertiary/aromatic N) is 1. The maximum atomic E-state index is 13.2. The monoisotopic (exact) mass is 400 g/mol. The van der Waals surface area contributed by atoms with Crippen molar-refractivity contribution >= 4 is 11.6 Å². The van der Waals surface area contributed by atoms with E-state index >= 15 is 0 Å². The number of piperidine rings is 1. The molecule has 30 heavy (non-hydrogen) atoms. The number of likely N-dealkylation sites (tertiary alicyclic amines) is 1. The molecule has 1 saturated heterocycles. The van der Waals surface area contributed by atoms with E-state index in [2.05, 4.69) is 65.7 Å². The van der Waals surface area contributed by atoms with E-state index < -0.39 is 0 Å². The van der Waals surface area contributed by atoms with Gasteiger partial charge in [-0.15, -0.1) is 0 Å². The third-order valence-corrected chi connectivity index (χ3v) is 8.56. The lowest BCUT2D eigenvalue weighted by Crippen LogP contribution is -2.38. The minimum Gasteiger partial charge on any atom is -0.378 e. The van der Waals surface area contributed by atoms with Gasteiger partial charge in [-0.05, 0) is 91.0 Å². The van der Waals surface area contributed by atoms with Crippen LogP contribution in [-0.2, 0) is 0 Å². The van der Waals surface area contributed by atoms with E-state index in [9.17, 15) is 4.79 Å². The maximum absolute atomic E-state index is 13.2. The molecule has 3 fully saturated rings. The summed E-state index contributed by atoms with van der Waals surface area (Å²) >= 11 is 0. The predicted octanol–water partition coefficient (Wildman–Crippen LogP) is 5.86. The summed E-state index contributed by atoms with van der Waals surface area (Å²) in [5.41, 5.74) is 4.97. The van der Waals surface area contributed by atoms with Crippen LogP contribution in [0.5, 0.6) is 0 Å². The molecular weight excluding hydrogens is 368 g/mol. The van der Waals surface area contributed by atoms with Crippen LogP contribution in [0.4, 0.5) is 5.69 Å². The van der Waals surface area contributed by atoms with Crippen molar-refractivity contribution in [3.63, 3.8) is 0 Å². The SMILES string of the molecule is CC1CCN(C(=O)c2ccc3c(c2)[C@@H]2[C@H]4CC[C@@H](C4)[C@@H]2[C@H](c2ccccc2)N3)CC1. The lowest BCUT2D eigenvalue weighted by Gasteiger charge is -2.43. The molecule has 5 atom stereocenters. The molecule has 0 spiro atoms. The Kier molecular flexibility index (Phi) is 4.40. The number of benzene rings is 2. The Morgan fingerprint density at radius 1 is 0.967 bits per heavy atom. The molecule has 6 rings (SSSR count). The Morgan fingerprint density at radius 2 is 1.73 bits per heavy atom. The molecule has 2 aliphatic heterocycles. The molecule has 2 aromatic rings. The first-order chi connectivity index (χ1) is 14.7. The lowest BCUT2D eigenvalue weighted by molar-refractivity contribution is 0.0697. The van der Waals surface area contributed by atoms with Gasteiger partial charge >= 0.3 is 0 Å². The summed E-state index contributed by atoms with van der Waals surface area (Å²) in [5, 5.41) is 3.90. The van der Waals surface area contributed by atoms with Gasteiger partial charge in [0.2, 0.25) is 0 Å². The van der Waals surface area contributed by atoms with Crippen LogP contribution in [0.15, 0.2) is 48.5 Å². The predicted molar refractivity (Wildman–Crippen MR) is 121 cm³/mol. The number of carbonyl (C=O) groups is 1. The second-order valence-electron chi connectivity index (χ2n) is 10.2. The highest BCUT2D eigenvalue weighted by molar-refractivity contribution is 5.95. The molecule has 2 aliphatic carbocycles. The topological polar surface area (TPSA) is 32.3 Å². The molecule has 2 bridgehead atoms. The number of hydrogen-bond acceptors (Lipinski definition) is 2. The first-order valence-electron chi connectivity index (χ1n) is 11.9. The second-order valence-corrected chi connectivity index (χ2v) is 10.2. The van der Waals surface area contributed by atoms with E-state index in [0.29, 0.717) is 17.9 Å². The third kappa shape index (κ3) is 2.89. The molecule has 3 nitrogen and oxygen atoms in total. The molecule has 156 valence electrons. The van der Waals surface area contributed by atoms with Crippen molar-refractivity contribution in [1.82, 2.24) is 4.90 Å². The van der Waals surface area contributed by atoms with Gasteiger partial charge in [0.25, 0.3) is 5.91 Å². The van der Waals surface area contributed by atoms with Crippen LogP contribution in [0.3, 0.4) is 0 Å². The minimum absolute atomic E-state index is 0.231. The summed E-state index contributed by atoms with van der Waals surface area (Å²) in [6.07, 6.45) is 6.35. The molecule has 2 aromatic carbocycles. The van der Waals surface area contributed by atoms with Crippen LogP contribution in [0.1, 0.15) is 72.5 Å². The summed E-state index contributed by atoms with van der Waals surface area (Å²) in [7, 11) is 0. The molecule has 4 aliphatic rings. The fraction of sp³-hybridized carbons (Fsp3) is 0.519. The highest BCUT2D eigenvalue weighted by Gasteiger charge is 2.53. The van der Waals surface area contributed by atoms with Gasteiger partial charge in [0, 0.05) is 24.3 Å². The fourth-order valence-electron chi connectivity index (χ4n) is 7.00. The maximum Gasteiger partial charge on any atom is 0.253 e. The summed E-state index contributed by atoms with van der Waals surface area (Å²) in [6.45, 7) is 4.11. The van der Waals surface area contributed by atoms with Gasteiger partial charge in [-0.3, -0.25) is 4.79 Å². The largest absolute Gasteiger partial charge is 0.378 e. The van der Waals surface area contributed by atoms with Crippen LogP contribution >= 0.6 is 0 Å². The molecule has 2 heterocycles. The zero-order valence-corrected chi connectivity index (χ0v) is 17.9. The molecule has 2 saturated carbocycles. The van der Waals surface area contributed by atoms with Crippen molar-refractivity contribution in [2.75, 3.05) is 18.4 Å². The van der Waals surface area contributed by atoms with Gasteiger partial charge in [-0.25, -0.2) is 0 Å². The van der Waals surface area contributed by atoms with Gasteiger partial charge < -0.3 is 10.2 Å². The lowest BCUT2D eigenvalue weighted by atomic mass is 9.68. The molecule has 0 unspecified atom stereocenters. The van der Waals surface area contributed by atoms with Crippen LogP contribution in [0.25, 0.3) is 0 Å². The summed E-state index contributed by atoms with van der Waals surface area (Å²) in [5.74, 6) is 3.82. The number of rotatable bonds is 2. The first-order valence-corrected chi connectivity index (χ1v) is 11.9. The van der Waals surface area contributed by atoms with Crippen molar-refractivity contribution in [2.45, 2.75) is 51.0 Å². The van der Waals surface area contributed by atoms with E-state index in [4.69, 9.17) is 0 Å². The number of nitrogens with one attached hydrogen (secondary N) is 1. The second kappa shape index (κ2) is 7.14. The van der Waals surface area contributed by atoms with Crippen LogP contribution < -0.4 is 5.32 Å². The molecule has 0 aromatic heterocycles. The van der Waals surface area contributed by atoms with Crippen LogP contribution in [0, 0.1) is 23.7 Å². The van der Waals surface area contributed by atoms with E-state index in [1.165, 1.54) is 36.1 Å². The van der Waals surface area contributed by atoms with Gasteiger partial charge in [-0.2, -0.15) is 0 Å². The van der Waals surface area contributed by atoms with Crippen LogP contribution in [-0.4, -0.2) is 23.9 Å². The van der Waals surface area contributed by atoms with E-state index in [1.807, 2.05) is 0 Å². The molecule has 0 radical (unpaired) electrons. The number of hydrogen-bond donors (Lipinski definition) is 1. The molecule has 1 amide bonds. The molecule has 3 heteroatoms. The molecular formula is C27H32N2O. The summed E-state index contributed by atoms with van der Waals surface area (Å²) < 4.78 is 0. The van der Waals surface area contributed by atoms with Gasteiger partial charge in [-0.1, -0.05) is 37.3 Å². The highest BCUT2D eigenvalue weighted by Crippen LogP contribution is 2.63. The standard InChI is InChI=1S/C27H32N2O/c1-17-11-13-29(14-12-17)27(30)21-9-10-23-22(16-21)24-19-7-8-20(15-19)25(24)26(28-23)18-5-3-2-4-6-18/h2-6,9-10,16-17,19-20,24-26,28H,7-8,11-15H2,1H3/t19-,20-,24-,25-,26-/m0/s1. The Balaban J connectivity index is 1.35. The van der Waals surface area contributed by atoms with Gasteiger partial charge in [0.15, 0.2) is 0 Å². The number of anilines is 1. The average Bonchev–Trinajstić information content (AvgIpc) is 3.42. The number of amides is 1. The van der Waals surface area contributed by atoms with E-state index in [-0.39, 0.29) is 5.91 Å². The van der Waals surface area contributed by atoms with E-state index in [0.717, 1.165) is 49.2 Å². The number of carbonyl (C=O) groups excluding carboxylic acids is 1. The number of fused-ring (bicyclic) bond motifs is 7. The fourth-order valence-corrected chi connectivity index (χ4v) is 7.00. The normalized spacial score (nSPS) is 32.4. The van der Waals surface area contributed by atoms with Gasteiger partial charge in [0.05, 0.1) is 6.04 Å². The Bertz CT molecular complexity index is 947. The summed E-state index contributed by atoms with van der Waals surface area (Å²) in [6, 6.07) is 17.9. The third-order valence-electron chi connectivity index (χ3n) is 8.56. The van der Waals surface area contributed by atoms with E-state index in [1.54, 1.807) is 0 Å². The van der Waals surface area contributed by atoms with Gasteiger partial charge in [0.1, 0.15) is 0 Å². The highest BCUT2D eigenvalue weighted by atomic mass is 16.2. The van der Waals surface area contributed by atoms with Crippen molar-refractivity contribution < 1.29 is 4.79 Å². The van der Waals surface area contributed by atoms with Crippen molar-refractivity contribution in [1.29, 1.82) is 0 Å². The Labute approximate surface area is 179 Å². The smallest absolute Gasteiger partial charge is 0.253 e. The summed E-state index contributed by atoms with van der Waals surface area (Å²) in [4.78, 5) is 15.3. The quantitative estimate of drug-likeness (QED) is 0.685.